The van der Waals surface area contributed by atoms with Crippen LogP contribution in [0.2, 0.25) is 0 Å². The fourth-order valence-electron chi connectivity index (χ4n) is 2.69. The van der Waals surface area contributed by atoms with E-state index in [2.05, 4.69) is 0 Å². The van der Waals surface area contributed by atoms with Gasteiger partial charge in [0.05, 0.1) is 9.85 Å². The molecule has 0 fully saturated rings. The molecule has 2 aromatic carbocycles. The smallest absolute Gasteiger partial charge is 0.270 e. The first-order valence-electron chi connectivity index (χ1n) is 8.24. The van der Waals surface area contributed by atoms with Crippen LogP contribution in [0.1, 0.15) is 16.1 Å². The lowest BCUT2D eigenvalue weighted by Gasteiger charge is -2.07. The molecule has 3 aromatic rings. The summed E-state index contributed by atoms with van der Waals surface area (Å²) < 4.78 is 1.65. The molecule has 142 valence electrons. The van der Waals surface area contributed by atoms with Crippen molar-refractivity contribution in [2.24, 2.45) is 0 Å². The monoisotopic (exact) mass is 388 g/mol. The lowest BCUT2D eigenvalue weighted by Crippen LogP contribution is -2.04. The van der Waals surface area contributed by atoms with Gasteiger partial charge in [0.25, 0.3) is 11.4 Å². The van der Waals surface area contributed by atoms with Gasteiger partial charge >= 0.3 is 0 Å². The highest BCUT2D eigenvalue weighted by Gasteiger charge is 2.16. The van der Waals surface area contributed by atoms with E-state index < -0.39 is 15.6 Å². The van der Waals surface area contributed by atoms with Crippen LogP contribution in [0.3, 0.4) is 0 Å². The van der Waals surface area contributed by atoms with Crippen LogP contribution in [-0.2, 0) is 0 Å². The summed E-state index contributed by atoms with van der Waals surface area (Å²) in [5, 5.41) is 31.1. The number of nitro benzene ring substituents is 2. The van der Waals surface area contributed by atoms with Crippen molar-refractivity contribution in [2.75, 3.05) is 0 Å². The first kappa shape index (κ1) is 19.2. The maximum absolute atomic E-state index is 12.6. The Bertz CT molecular complexity index is 1190. The summed E-state index contributed by atoms with van der Waals surface area (Å²) in [5.41, 5.74) is 0.618. The molecule has 0 saturated carbocycles. The maximum Gasteiger partial charge on any atom is 0.270 e. The van der Waals surface area contributed by atoms with E-state index in [-0.39, 0.29) is 22.5 Å². The summed E-state index contributed by atoms with van der Waals surface area (Å²) in [5.74, 6) is -0.646. The number of benzene rings is 2. The molecule has 0 aliphatic rings. The third-order valence-electron chi connectivity index (χ3n) is 4.10. The van der Waals surface area contributed by atoms with E-state index in [1.807, 2.05) is 6.07 Å². The van der Waals surface area contributed by atoms with Crippen LogP contribution in [0.4, 0.5) is 11.4 Å². The summed E-state index contributed by atoms with van der Waals surface area (Å²) in [6.07, 6.45) is 3.04. The highest BCUT2D eigenvalue weighted by Crippen LogP contribution is 2.21. The molecular weight excluding hydrogens is 376 g/mol. The molecular formula is C20H12N4O5. The van der Waals surface area contributed by atoms with Gasteiger partial charge in [-0.05, 0) is 30.3 Å². The molecule has 1 aromatic heterocycles. The van der Waals surface area contributed by atoms with Crippen LogP contribution in [0, 0.1) is 31.6 Å². The zero-order valence-corrected chi connectivity index (χ0v) is 14.8. The standard InChI is InChI=1S/C20H12N4O5/c21-13-15(20(25)14-3-1-4-19(11-14)24(28)29)12-18-5-2-10-22(18)16-6-8-17(9-7-16)23(26)27/h1-12H/b15-12+. The average Bonchev–Trinajstić information content (AvgIpc) is 3.19. The first-order chi connectivity index (χ1) is 13.9. The van der Waals surface area contributed by atoms with Crippen molar-refractivity contribution in [1.82, 2.24) is 4.57 Å². The topological polar surface area (TPSA) is 132 Å². The Balaban J connectivity index is 1.97. The number of hydrogen-bond acceptors (Lipinski definition) is 6. The molecule has 3 rings (SSSR count). The minimum absolute atomic E-state index is 0.0282. The predicted molar refractivity (Wildman–Crippen MR) is 103 cm³/mol. The minimum Gasteiger partial charge on any atom is -0.317 e. The second-order valence-corrected chi connectivity index (χ2v) is 5.88. The van der Waals surface area contributed by atoms with Crippen molar-refractivity contribution < 1.29 is 14.6 Å². The molecule has 1 heterocycles. The van der Waals surface area contributed by atoms with Crippen molar-refractivity contribution in [3.05, 3.63) is 104 Å². The number of allylic oxidation sites excluding steroid dienone is 1. The molecule has 0 radical (unpaired) electrons. The third-order valence-corrected chi connectivity index (χ3v) is 4.10. The van der Waals surface area contributed by atoms with Crippen LogP contribution in [0.15, 0.2) is 72.4 Å². The molecule has 0 atom stereocenters. The molecule has 29 heavy (non-hydrogen) atoms. The van der Waals surface area contributed by atoms with Crippen LogP contribution >= 0.6 is 0 Å². The largest absolute Gasteiger partial charge is 0.317 e. The molecule has 0 N–H and O–H groups in total. The second-order valence-electron chi connectivity index (χ2n) is 5.88. The second kappa shape index (κ2) is 7.98. The van der Waals surface area contributed by atoms with E-state index in [1.54, 1.807) is 35.0 Å². The highest BCUT2D eigenvalue weighted by molar-refractivity contribution is 6.14. The van der Waals surface area contributed by atoms with Gasteiger partial charge in [0.2, 0.25) is 5.78 Å². The zero-order chi connectivity index (χ0) is 21.0. The Morgan fingerprint density at radius 1 is 0.966 bits per heavy atom. The number of carbonyl (C=O) groups excluding carboxylic acids is 1. The van der Waals surface area contributed by atoms with Gasteiger partial charge in [-0.2, -0.15) is 5.26 Å². The number of carbonyl (C=O) groups is 1. The van der Waals surface area contributed by atoms with E-state index in [1.165, 1.54) is 36.4 Å². The van der Waals surface area contributed by atoms with Crippen LogP contribution in [-0.4, -0.2) is 20.2 Å². The van der Waals surface area contributed by atoms with E-state index in [0.29, 0.717) is 11.4 Å². The molecule has 9 nitrogen and oxygen atoms in total. The Kier molecular flexibility index (Phi) is 5.28. The minimum atomic E-state index is -0.646. The van der Waals surface area contributed by atoms with Gasteiger partial charge in [0.1, 0.15) is 11.6 Å². The Hall–Kier alpha value is -4.58. The van der Waals surface area contributed by atoms with Crippen molar-refractivity contribution in [3.8, 4) is 11.8 Å². The van der Waals surface area contributed by atoms with Crippen molar-refractivity contribution >= 4 is 23.2 Å². The fraction of sp³-hybridized carbons (Fsp3) is 0. The fourth-order valence-corrected chi connectivity index (χ4v) is 2.69. The number of nitriles is 1. The van der Waals surface area contributed by atoms with Gasteiger partial charge in [-0.1, -0.05) is 12.1 Å². The number of Topliss-reactive ketones (excluding diaryl/α,β-unsaturated/α-hetero) is 1. The highest BCUT2D eigenvalue weighted by atomic mass is 16.6. The predicted octanol–water partition coefficient (Wildman–Crippen LogP) is 4.08. The van der Waals surface area contributed by atoms with Gasteiger partial charge in [0.15, 0.2) is 0 Å². The summed E-state index contributed by atoms with van der Waals surface area (Å²) >= 11 is 0. The van der Waals surface area contributed by atoms with Gasteiger partial charge in [-0.25, -0.2) is 0 Å². The third kappa shape index (κ3) is 4.06. The Morgan fingerprint density at radius 2 is 1.66 bits per heavy atom. The molecule has 0 unspecified atom stereocenters. The normalized spacial score (nSPS) is 10.9. The number of rotatable bonds is 6. The number of non-ortho nitro benzene ring substituents is 2. The summed E-state index contributed by atoms with van der Waals surface area (Å²) in [4.78, 5) is 33.2. The summed E-state index contributed by atoms with van der Waals surface area (Å²) in [6, 6.07) is 16.1. The molecule has 0 bridgehead atoms. The number of hydrogen-bond donors (Lipinski definition) is 0. The van der Waals surface area contributed by atoms with Crippen molar-refractivity contribution in [3.63, 3.8) is 0 Å². The molecule has 0 saturated heterocycles. The number of nitro groups is 2. The maximum atomic E-state index is 12.6. The molecule has 0 spiro atoms. The van der Waals surface area contributed by atoms with E-state index in [9.17, 15) is 30.3 Å². The van der Waals surface area contributed by atoms with E-state index >= 15 is 0 Å². The molecule has 9 heteroatoms. The quantitative estimate of drug-likeness (QED) is 0.205. The number of aromatic nitrogens is 1. The molecule has 0 amide bonds. The van der Waals surface area contributed by atoms with Gasteiger partial charge in [-0.15, -0.1) is 0 Å². The van der Waals surface area contributed by atoms with Crippen LogP contribution < -0.4 is 0 Å². The first-order valence-corrected chi connectivity index (χ1v) is 8.24. The Labute approximate surface area is 164 Å². The lowest BCUT2D eigenvalue weighted by atomic mass is 10.0. The number of nitrogens with zero attached hydrogens (tertiary/aromatic N) is 4. The average molecular weight is 388 g/mol. The lowest BCUT2D eigenvalue weighted by molar-refractivity contribution is -0.385. The number of ketones is 1. The van der Waals surface area contributed by atoms with Crippen LogP contribution in [0.5, 0.6) is 0 Å². The van der Waals surface area contributed by atoms with Crippen molar-refractivity contribution in [2.45, 2.75) is 0 Å². The van der Waals surface area contributed by atoms with Crippen molar-refractivity contribution in [1.29, 1.82) is 5.26 Å². The summed E-state index contributed by atoms with van der Waals surface area (Å²) in [6.45, 7) is 0. The zero-order valence-electron chi connectivity index (χ0n) is 14.8. The Morgan fingerprint density at radius 3 is 2.28 bits per heavy atom. The SMILES string of the molecule is N#C/C(=C\c1cccn1-c1ccc([N+](=O)[O-])cc1)C(=O)c1cccc([N+](=O)[O-])c1. The van der Waals surface area contributed by atoms with E-state index in [0.717, 1.165) is 6.07 Å². The van der Waals surface area contributed by atoms with E-state index in [4.69, 9.17) is 0 Å². The van der Waals surface area contributed by atoms with Gasteiger partial charge < -0.3 is 4.57 Å². The van der Waals surface area contributed by atoms with Gasteiger partial charge in [-0.3, -0.25) is 25.0 Å². The van der Waals surface area contributed by atoms with Crippen LogP contribution in [0.25, 0.3) is 11.8 Å². The summed E-state index contributed by atoms with van der Waals surface area (Å²) in [7, 11) is 0. The molecule has 0 aliphatic heterocycles. The molecule has 0 aliphatic carbocycles. The van der Waals surface area contributed by atoms with Gasteiger partial charge in [0, 0.05) is 47.4 Å².